The van der Waals surface area contributed by atoms with Crippen molar-refractivity contribution in [3.05, 3.63) is 58.1 Å². The molecule has 0 aliphatic heterocycles. The fourth-order valence-electron chi connectivity index (χ4n) is 1.76. The quantitative estimate of drug-likeness (QED) is 0.783. The van der Waals surface area contributed by atoms with Crippen LogP contribution in [-0.2, 0) is 4.79 Å². The Morgan fingerprint density at radius 3 is 2.55 bits per heavy atom. The van der Waals surface area contributed by atoms with Gasteiger partial charge in [-0.25, -0.2) is 0 Å². The molecule has 0 unspecified atom stereocenters. The van der Waals surface area contributed by atoms with Gasteiger partial charge in [0.15, 0.2) is 0 Å². The van der Waals surface area contributed by atoms with Gasteiger partial charge in [-0.2, -0.15) is 0 Å². The highest BCUT2D eigenvalue weighted by atomic mass is 35.5. The van der Waals surface area contributed by atoms with Gasteiger partial charge in [-0.1, -0.05) is 35.3 Å². The summed E-state index contributed by atoms with van der Waals surface area (Å²) in [4.78, 5) is 23.0. The van der Waals surface area contributed by atoms with Crippen LogP contribution in [0.1, 0.15) is 10.4 Å². The van der Waals surface area contributed by atoms with E-state index < -0.39 is 5.91 Å². The van der Waals surface area contributed by atoms with Crippen LogP contribution >= 0.6 is 23.2 Å². The topological polar surface area (TPSA) is 84.2 Å². The molecule has 0 saturated heterocycles. The SMILES string of the molecule is NC(=O)c1cccc(NCC(=O)Nc2cccc(Cl)c2Cl)c1. The zero-order valence-corrected chi connectivity index (χ0v) is 12.9. The molecular formula is C15H13Cl2N3O2. The maximum Gasteiger partial charge on any atom is 0.248 e. The summed E-state index contributed by atoms with van der Waals surface area (Å²) < 4.78 is 0. The van der Waals surface area contributed by atoms with Crippen LogP contribution in [-0.4, -0.2) is 18.4 Å². The maximum absolute atomic E-state index is 11.9. The van der Waals surface area contributed by atoms with Crippen molar-refractivity contribution in [2.24, 2.45) is 5.73 Å². The fraction of sp³-hybridized carbons (Fsp3) is 0.0667. The number of hydrogen-bond acceptors (Lipinski definition) is 3. The molecule has 22 heavy (non-hydrogen) atoms. The average Bonchev–Trinajstić information content (AvgIpc) is 2.50. The number of carbonyl (C=O) groups is 2. The van der Waals surface area contributed by atoms with Gasteiger partial charge in [0.25, 0.3) is 0 Å². The predicted octanol–water partition coefficient (Wildman–Crippen LogP) is 3.14. The molecule has 2 aromatic carbocycles. The number of nitrogens with two attached hydrogens (primary N) is 1. The summed E-state index contributed by atoms with van der Waals surface area (Å²) in [7, 11) is 0. The minimum atomic E-state index is -0.529. The first-order valence-electron chi connectivity index (χ1n) is 6.35. The third kappa shape index (κ3) is 4.13. The number of anilines is 2. The Labute approximate surface area is 137 Å². The smallest absolute Gasteiger partial charge is 0.248 e. The summed E-state index contributed by atoms with van der Waals surface area (Å²) in [5.41, 5.74) is 6.61. The van der Waals surface area contributed by atoms with E-state index in [0.717, 1.165) is 0 Å². The molecule has 0 spiro atoms. The first-order chi connectivity index (χ1) is 10.5. The molecule has 0 aromatic heterocycles. The molecule has 2 aromatic rings. The van der Waals surface area contributed by atoms with Gasteiger partial charge in [0.05, 0.1) is 22.3 Å². The number of benzene rings is 2. The van der Waals surface area contributed by atoms with Crippen molar-refractivity contribution in [3.63, 3.8) is 0 Å². The van der Waals surface area contributed by atoms with Crippen LogP contribution in [0, 0.1) is 0 Å². The van der Waals surface area contributed by atoms with E-state index in [4.69, 9.17) is 28.9 Å². The first kappa shape index (κ1) is 16.1. The Balaban J connectivity index is 1.97. The minimum Gasteiger partial charge on any atom is -0.376 e. The molecule has 0 bridgehead atoms. The van der Waals surface area contributed by atoms with Crippen LogP contribution in [0.5, 0.6) is 0 Å². The van der Waals surface area contributed by atoms with Crippen LogP contribution in [0.3, 0.4) is 0 Å². The van der Waals surface area contributed by atoms with E-state index in [-0.39, 0.29) is 17.5 Å². The van der Waals surface area contributed by atoms with E-state index in [1.807, 2.05) is 0 Å². The average molecular weight is 338 g/mol. The van der Waals surface area contributed by atoms with Crippen molar-refractivity contribution in [2.45, 2.75) is 0 Å². The Morgan fingerprint density at radius 2 is 1.82 bits per heavy atom. The van der Waals surface area contributed by atoms with Gasteiger partial charge in [0.2, 0.25) is 11.8 Å². The second-order valence-corrected chi connectivity index (χ2v) is 5.23. The van der Waals surface area contributed by atoms with Crippen molar-refractivity contribution in [1.82, 2.24) is 0 Å². The minimum absolute atomic E-state index is 0.00502. The van der Waals surface area contributed by atoms with E-state index in [0.29, 0.717) is 22.0 Å². The fourth-order valence-corrected chi connectivity index (χ4v) is 2.11. The second-order valence-electron chi connectivity index (χ2n) is 4.45. The van der Waals surface area contributed by atoms with Gasteiger partial charge in [-0.3, -0.25) is 9.59 Å². The summed E-state index contributed by atoms with van der Waals surface area (Å²) in [5.74, 6) is -0.826. The number of primary amides is 1. The molecule has 4 N–H and O–H groups in total. The molecule has 2 amide bonds. The van der Waals surface area contributed by atoms with Crippen molar-refractivity contribution >= 4 is 46.4 Å². The third-order valence-electron chi connectivity index (χ3n) is 2.83. The number of rotatable bonds is 5. The lowest BCUT2D eigenvalue weighted by atomic mass is 10.2. The molecular weight excluding hydrogens is 325 g/mol. The molecule has 0 saturated carbocycles. The number of hydrogen-bond donors (Lipinski definition) is 3. The van der Waals surface area contributed by atoms with Gasteiger partial charge in [-0.05, 0) is 30.3 Å². The van der Waals surface area contributed by atoms with Gasteiger partial charge in [0.1, 0.15) is 0 Å². The maximum atomic E-state index is 11.9. The molecule has 0 aliphatic carbocycles. The molecule has 0 heterocycles. The Hall–Kier alpha value is -2.24. The molecule has 0 fully saturated rings. The number of nitrogens with one attached hydrogen (secondary N) is 2. The van der Waals surface area contributed by atoms with Crippen LogP contribution in [0.15, 0.2) is 42.5 Å². The Kier molecular flexibility index (Phi) is 5.25. The van der Waals surface area contributed by atoms with Gasteiger partial charge in [-0.15, -0.1) is 0 Å². The summed E-state index contributed by atoms with van der Waals surface area (Å²) in [5, 5.41) is 6.20. The number of carbonyl (C=O) groups excluding carboxylic acids is 2. The van der Waals surface area contributed by atoms with Crippen molar-refractivity contribution in [1.29, 1.82) is 0 Å². The Morgan fingerprint density at radius 1 is 1.09 bits per heavy atom. The van der Waals surface area contributed by atoms with Crippen LogP contribution in [0.25, 0.3) is 0 Å². The van der Waals surface area contributed by atoms with Crippen molar-refractivity contribution in [3.8, 4) is 0 Å². The van der Waals surface area contributed by atoms with Crippen LogP contribution < -0.4 is 16.4 Å². The van der Waals surface area contributed by atoms with E-state index in [2.05, 4.69) is 10.6 Å². The number of halogens is 2. The zero-order chi connectivity index (χ0) is 16.1. The van der Waals surface area contributed by atoms with Crippen LogP contribution in [0.4, 0.5) is 11.4 Å². The summed E-state index contributed by atoms with van der Waals surface area (Å²) in [6, 6.07) is 11.5. The highest BCUT2D eigenvalue weighted by Gasteiger charge is 2.08. The van der Waals surface area contributed by atoms with E-state index >= 15 is 0 Å². The lowest BCUT2D eigenvalue weighted by molar-refractivity contribution is -0.114. The van der Waals surface area contributed by atoms with E-state index in [1.165, 1.54) is 0 Å². The van der Waals surface area contributed by atoms with Gasteiger partial charge < -0.3 is 16.4 Å². The summed E-state index contributed by atoms with van der Waals surface area (Å²) in [6.07, 6.45) is 0. The summed E-state index contributed by atoms with van der Waals surface area (Å²) in [6.45, 7) is 0.00502. The molecule has 0 radical (unpaired) electrons. The zero-order valence-electron chi connectivity index (χ0n) is 11.4. The molecule has 5 nitrogen and oxygen atoms in total. The largest absolute Gasteiger partial charge is 0.376 e. The lowest BCUT2D eigenvalue weighted by Gasteiger charge is -2.10. The molecule has 0 aliphatic rings. The standard InChI is InChI=1S/C15H13Cl2N3O2/c16-11-5-2-6-12(14(11)17)20-13(21)8-19-10-4-1-3-9(7-10)15(18)22/h1-7,19H,8H2,(H2,18,22)(H,20,21). The molecule has 7 heteroatoms. The first-order valence-corrected chi connectivity index (χ1v) is 7.10. The van der Waals surface area contributed by atoms with Crippen LogP contribution in [0.2, 0.25) is 10.0 Å². The van der Waals surface area contributed by atoms with Gasteiger partial charge >= 0.3 is 0 Å². The van der Waals surface area contributed by atoms with E-state index in [9.17, 15) is 9.59 Å². The number of amides is 2. The molecule has 0 atom stereocenters. The normalized spacial score (nSPS) is 10.1. The van der Waals surface area contributed by atoms with E-state index in [1.54, 1.807) is 42.5 Å². The predicted molar refractivity (Wildman–Crippen MR) is 88.5 cm³/mol. The highest BCUT2D eigenvalue weighted by Crippen LogP contribution is 2.29. The Bertz CT molecular complexity index is 720. The second kappa shape index (κ2) is 7.15. The third-order valence-corrected chi connectivity index (χ3v) is 3.64. The highest BCUT2D eigenvalue weighted by molar-refractivity contribution is 6.44. The lowest BCUT2D eigenvalue weighted by Crippen LogP contribution is -2.22. The van der Waals surface area contributed by atoms with Crippen molar-refractivity contribution in [2.75, 3.05) is 17.2 Å². The monoisotopic (exact) mass is 337 g/mol. The molecule has 114 valence electrons. The summed E-state index contributed by atoms with van der Waals surface area (Å²) >= 11 is 11.9. The molecule has 2 rings (SSSR count). The van der Waals surface area contributed by atoms with Crippen molar-refractivity contribution < 1.29 is 9.59 Å². The van der Waals surface area contributed by atoms with Gasteiger partial charge in [0, 0.05) is 11.3 Å².